The summed E-state index contributed by atoms with van der Waals surface area (Å²) in [5.74, 6) is -6.02. The molecule has 0 aliphatic heterocycles. The third-order valence-electron chi connectivity index (χ3n) is 3.09. The number of carbonyl (C=O) groups is 6. The fourth-order valence-corrected chi connectivity index (χ4v) is 2.95. The van der Waals surface area contributed by atoms with Crippen molar-refractivity contribution in [2.24, 2.45) is 11.8 Å². The first kappa shape index (κ1) is 22.3. The van der Waals surface area contributed by atoms with Crippen LogP contribution in [0.4, 0.5) is 0 Å². The van der Waals surface area contributed by atoms with Crippen LogP contribution in [-0.2, 0) is 28.8 Å². The number of aliphatic carboxylic acids is 2. The van der Waals surface area contributed by atoms with Crippen molar-refractivity contribution < 1.29 is 39.0 Å². The molecular formula is C14H18O8S2. The molecular weight excluding hydrogens is 360 g/mol. The molecule has 0 spiro atoms. The Morgan fingerprint density at radius 3 is 1.21 bits per heavy atom. The van der Waals surface area contributed by atoms with E-state index in [9.17, 15) is 28.8 Å². The largest absolute Gasteiger partial charge is 0.481 e. The van der Waals surface area contributed by atoms with E-state index in [2.05, 4.69) is 0 Å². The maximum atomic E-state index is 11.5. The lowest BCUT2D eigenvalue weighted by molar-refractivity contribution is -0.147. The van der Waals surface area contributed by atoms with Crippen molar-refractivity contribution in [1.82, 2.24) is 0 Å². The van der Waals surface area contributed by atoms with Crippen LogP contribution in [0.15, 0.2) is 0 Å². The van der Waals surface area contributed by atoms with Gasteiger partial charge in [0, 0.05) is 25.7 Å². The van der Waals surface area contributed by atoms with E-state index in [4.69, 9.17) is 10.2 Å². The SMILES string of the molecule is CC(C(=O)O)C(=O)CCC(=O)SSC(=O)CCC(=O)C(C)C(=O)O. The number of hydrogen-bond donors (Lipinski definition) is 2. The van der Waals surface area contributed by atoms with Gasteiger partial charge in [-0.1, -0.05) is 0 Å². The van der Waals surface area contributed by atoms with Crippen molar-refractivity contribution in [3.8, 4) is 0 Å². The molecule has 134 valence electrons. The summed E-state index contributed by atoms with van der Waals surface area (Å²) in [7, 11) is 1.23. The Kier molecular flexibility index (Phi) is 10.2. The van der Waals surface area contributed by atoms with E-state index in [1.165, 1.54) is 13.8 Å². The summed E-state index contributed by atoms with van der Waals surface area (Å²) in [6, 6.07) is 0. The minimum Gasteiger partial charge on any atom is -0.481 e. The molecule has 2 N–H and O–H groups in total. The second-order valence-corrected chi connectivity index (χ2v) is 7.21. The van der Waals surface area contributed by atoms with Crippen LogP contribution in [-0.4, -0.2) is 43.9 Å². The fourth-order valence-electron chi connectivity index (χ4n) is 1.34. The van der Waals surface area contributed by atoms with Gasteiger partial charge >= 0.3 is 11.9 Å². The second kappa shape index (κ2) is 11.0. The number of Topliss-reactive ketones (excluding diaryl/α,β-unsaturated/α-hetero) is 2. The van der Waals surface area contributed by atoms with Crippen LogP contribution in [0.25, 0.3) is 0 Å². The molecule has 0 heterocycles. The molecule has 2 atom stereocenters. The Labute approximate surface area is 146 Å². The summed E-state index contributed by atoms with van der Waals surface area (Å²) in [4.78, 5) is 67.1. The average Bonchev–Trinajstić information content (AvgIpc) is 2.53. The first-order chi connectivity index (χ1) is 11.1. The molecule has 0 aromatic rings. The zero-order valence-corrected chi connectivity index (χ0v) is 14.8. The van der Waals surface area contributed by atoms with E-state index in [-0.39, 0.29) is 25.7 Å². The highest BCUT2D eigenvalue weighted by Crippen LogP contribution is 2.27. The van der Waals surface area contributed by atoms with E-state index in [0.29, 0.717) is 21.6 Å². The molecule has 0 aromatic heterocycles. The van der Waals surface area contributed by atoms with Crippen LogP contribution in [0.5, 0.6) is 0 Å². The summed E-state index contributed by atoms with van der Waals surface area (Å²) in [5.41, 5.74) is 0. The van der Waals surface area contributed by atoms with Crippen LogP contribution in [0, 0.1) is 11.8 Å². The normalized spacial score (nSPS) is 12.9. The smallest absolute Gasteiger partial charge is 0.313 e. The molecule has 24 heavy (non-hydrogen) atoms. The Morgan fingerprint density at radius 2 is 0.958 bits per heavy atom. The molecule has 0 aromatic carbocycles. The molecule has 10 heteroatoms. The van der Waals surface area contributed by atoms with Gasteiger partial charge < -0.3 is 10.2 Å². The van der Waals surface area contributed by atoms with Gasteiger partial charge in [0.15, 0.2) is 10.2 Å². The third-order valence-corrected chi connectivity index (χ3v) is 5.31. The topological polar surface area (TPSA) is 143 Å². The molecule has 0 saturated carbocycles. The molecule has 0 bridgehead atoms. The fraction of sp³-hybridized carbons (Fsp3) is 0.571. The van der Waals surface area contributed by atoms with Crippen LogP contribution in [0.2, 0.25) is 0 Å². The maximum absolute atomic E-state index is 11.5. The first-order valence-corrected chi connectivity index (χ1v) is 9.12. The Hall–Kier alpha value is -1.68. The van der Waals surface area contributed by atoms with Crippen LogP contribution >= 0.6 is 21.6 Å². The molecule has 0 rings (SSSR count). The van der Waals surface area contributed by atoms with Crippen molar-refractivity contribution in [3.63, 3.8) is 0 Å². The van der Waals surface area contributed by atoms with Gasteiger partial charge in [0.1, 0.15) is 23.4 Å². The molecule has 0 fully saturated rings. The van der Waals surface area contributed by atoms with Crippen LogP contribution in [0.1, 0.15) is 39.5 Å². The molecule has 0 aliphatic rings. The highest BCUT2D eigenvalue weighted by molar-refractivity contribution is 8.87. The zero-order chi connectivity index (χ0) is 18.9. The van der Waals surface area contributed by atoms with Crippen LogP contribution in [0.3, 0.4) is 0 Å². The van der Waals surface area contributed by atoms with Gasteiger partial charge in [-0.25, -0.2) is 0 Å². The number of rotatable bonds is 10. The molecule has 8 nitrogen and oxygen atoms in total. The lowest BCUT2D eigenvalue weighted by Gasteiger charge is -2.05. The summed E-state index contributed by atoms with van der Waals surface area (Å²) >= 11 is 0. The summed E-state index contributed by atoms with van der Waals surface area (Å²) < 4.78 is 0. The molecule has 0 amide bonds. The Balaban J connectivity index is 4.04. The summed E-state index contributed by atoms with van der Waals surface area (Å²) in [6.45, 7) is 2.46. The van der Waals surface area contributed by atoms with Crippen molar-refractivity contribution in [1.29, 1.82) is 0 Å². The molecule has 0 radical (unpaired) electrons. The van der Waals surface area contributed by atoms with Gasteiger partial charge in [0.25, 0.3) is 0 Å². The minimum absolute atomic E-state index is 0.184. The van der Waals surface area contributed by atoms with Crippen LogP contribution < -0.4 is 0 Å². The third kappa shape index (κ3) is 8.82. The van der Waals surface area contributed by atoms with Gasteiger partial charge in [-0.15, -0.1) is 0 Å². The predicted molar refractivity (Wildman–Crippen MR) is 87.3 cm³/mol. The summed E-state index contributed by atoms with van der Waals surface area (Å²) in [5, 5.41) is 16.4. The van der Waals surface area contributed by atoms with Crippen molar-refractivity contribution >= 4 is 55.3 Å². The van der Waals surface area contributed by atoms with Gasteiger partial charge in [0.05, 0.1) is 0 Å². The molecule has 0 aliphatic carbocycles. The predicted octanol–water partition coefficient (Wildman–Crippen LogP) is 1.56. The van der Waals surface area contributed by atoms with Gasteiger partial charge in [-0.3, -0.25) is 28.8 Å². The number of carbonyl (C=O) groups excluding carboxylic acids is 4. The van der Waals surface area contributed by atoms with Gasteiger partial charge in [-0.2, -0.15) is 0 Å². The van der Waals surface area contributed by atoms with Crippen molar-refractivity contribution in [3.05, 3.63) is 0 Å². The van der Waals surface area contributed by atoms with Gasteiger partial charge in [0.2, 0.25) is 0 Å². The monoisotopic (exact) mass is 378 g/mol. The van der Waals surface area contributed by atoms with E-state index in [1.807, 2.05) is 0 Å². The number of hydrogen-bond acceptors (Lipinski definition) is 8. The average molecular weight is 378 g/mol. The zero-order valence-electron chi connectivity index (χ0n) is 13.1. The van der Waals surface area contributed by atoms with E-state index >= 15 is 0 Å². The molecule has 0 saturated heterocycles. The Bertz CT molecular complexity index is 495. The first-order valence-electron chi connectivity index (χ1n) is 6.97. The molecule has 2 unspecified atom stereocenters. The van der Waals surface area contributed by atoms with E-state index < -0.39 is 45.6 Å². The highest BCUT2D eigenvalue weighted by Gasteiger charge is 2.22. The van der Waals surface area contributed by atoms with Crippen molar-refractivity contribution in [2.75, 3.05) is 0 Å². The van der Waals surface area contributed by atoms with E-state index in [0.717, 1.165) is 0 Å². The number of carboxylic acids is 2. The van der Waals surface area contributed by atoms with Crippen molar-refractivity contribution in [2.45, 2.75) is 39.5 Å². The Morgan fingerprint density at radius 1 is 0.667 bits per heavy atom. The van der Waals surface area contributed by atoms with Gasteiger partial charge in [-0.05, 0) is 35.4 Å². The standard InChI is InChI=1S/C14H18O8S2/c1-7(13(19)20)9(15)3-5-11(17)23-24-12(18)6-4-10(16)8(2)14(21)22/h7-8H,3-6H2,1-2H3,(H,19,20)(H,21,22). The number of carboxylic acid groups (broad SMARTS) is 2. The van der Waals surface area contributed by atoms with E-state index in [1.54, 1.807) is 0 Å². The summed E-state index contributed by atoms with van der Waals surface area (Å²) in [6.07, 6.45) is -0.807. The highest BCUT2D eigenvalue weighted by atomic mass is 33.1. The second-order valence-electron chi connectivity index (χ2n) is 4.96. The number of ketones is 2. The minimum atomic E-state index is -1.26. The maximum Gasteiger partial charge on any atom is 0.313 e. The quantitative estimate of drug-likeness (QED) is 0.424. The lowest BCUT2D eigenvalue weighted by atomic mass is 10.0. The lowest BCUT2D eigenvalue weighted by Crippen LogP contribution is -2.20.